The molecule has 0 radical (unpaired) electrons. The molecule has 0 spiro atoms. The van der Waals surface area contributed by atoms with Gasteiger partial charge in [-0.1, -0.05) is 13.3 Å². The maximum atomic E-state index is 11.9. The molecule has 7 heteroatoms. The first-order chi connectivity index (χ1) is 9.59. The van der Waals surface area contributed by atoms with E-state index in [4.69, 9.17) is 0 Å². The predicted molar refractivity (Wildman–Crippen MR) is 77.3 cm³/mol. The molecule has 0 aromatic carbocycles. The number of fused-ring (bicyclic) bond motifs is 1. The van der Waals surface area contributed by atoms with Gasteiger partial charge in [-0.2, -0.15) is 5.10 Å². The minimum atomic E-state index is -3.31. The summed E-state index contributed by atoms with van der Waals surface area (Å²) in [6.07, 6.45) is 5.83. The summed E-state index contributed by atoms with van der Waals surface area (Å²) in [5.74, 6) is 1.35. The zero-order chi connectivity index (χ0) is 14.2. The topological polar surface area (TPSA) is 76.4 Å². The summed E-state index contributed by atoms with van der Waals surface area (Å²) < 4.78 is 28.0. The first kappa shape index (κ1) is 13.4. The van der Waals surface area contributed by atoms with E-state index in [0.717, 1.165) is 18.7 Å². The summed E-state index contributed by atoms with van der Waals surface area (Å²) in [7, 11) is -3.31. The van der Waals surface area contributed by atoms with Crippen molar-refractivity contribution in [3.63, 3.8) is 0 Å². The average Bonchev–Trinajstić information content (AvgIpc) is 2.70. The van der Waals surface area contributed by atoms with Gasteiger partial charge in [0.1, 0.15) is 0 Å². The van der Waals surface area contributed by atoms with Crippen LogP contribution in [0.5, 0.6) is 0 Å². The maximum absolute atomic E-state index is 11.9. The zero-order valence-corrected chi connectivity index (χ0v) is 12.2. The van der Waals surface area contributed by atoms with Crippen LogP contribution < -0.4 is 4.72 Å². The van der Waals surface area contributed by atoms with E-state index in [1.54, 1.807) is 22.8 Å². The van der Waals surface area contributed by atoms with Crippen molar-refractivity contribution in [2.24, 2.45) is 0 Å². The molecule has 0 amide bonds. The molecule has 0 saturated heterocycles. The van der Waals surface area contributed by atoms with E-state index in [1.807, 2.05) is 6.92 Å². The van der Waals surface area contributed by atoms with Gasteiger partial charge < -0.3 is 0 Å². The molecule has 3 rings (SSSR count). The third kappa shape index (κ3) is 2.49. The lowest BCUT2D eigenvalue weighted by atomic mass is 9.85. The number of anilines is 1. The van der Waals surface area contributed by atoms with Crippen LogP contribution in [0.15, 0.2) is 18.3 Å². The van der Waals surface area contributed by atoms with Gasteiger partial charge in [-0.05, 0) is 31.4 Å². The smallest absolute Gasteiger partial charge is 0.232 e. The molecule has 1 aliphatic carbocycles. The molecule has 2 aromatic rings. The molecule has 20 heavy (non-hydrogen) atoms. The summed E-state index contributed by atoms with van der Waals surface area (Å²) in [6, 6.07) is 3.50. The first-order valence-corrected chi connectivity index (χ1v) is 8.60. The third-order valence-electron chi connectivity index (χ3n) is 3.59. The minimum absolute atomic E-state index is 0.109. The normalized spacial score (nSPS) is 16.2. The van der Waals surface area contributed by atoms with Gasteiger partial charge >= 0.3 is 0 Å². The Morgan fingerprint density at radius 2 is 2.25 bits per heavy atom. The Hall–Kier alpha value is -1.63. The number of sulfonamides is 1. The van der Waals surface area contributed by atoms with Crippen LogP contribution in [0.4, 0.5) is 5.69 Å². The summed E-state index contributed by atoms with van der Waals surface area (Å²) in [5, 5.41) is 4.44. The number of rotatable bonds is 5. The highest BCUT2D eigenvalue weighted by Gasteiger charge is 2.24. The Labute approximate surface area is 118 Å². The monoisotopic (exact) mass is 294 g/mol. The second-order valence-corrected chi connectivity index (χ2v) is 7.05. The second kappa shape index (κ2) is 5.05. The standard InChI is InChI=1S/C13H18N4O2S/c1-2-9-20(18,19)16-11-7-4-8-17-13(11)14-12(15-17)10-5-3-6-10/h4,7-8,10,16H,2-3,5-6,9H2,1H3. The van der Waals surface area contributed by atoms with E-state index >= 15 is 0 Å². The van der Waals surface area contributed by atoms with Crippen LogP contribution in [-0.2, 0) is 10.0 Å². The molecule has 1 N–H and O–H groups in total. The van der Waals surface area contributed by atoms with Crippen LogP contribution >= 0.6 is 0 Å². The fourth-order valence-electron chi connectivity index (χ4n) is 2.33. The number of hydrogen-bond acceptors (Lipinski definition) is 4. The average molecular weight is 294 g/mol. The number of aromatic nitrogens is 3. The Morgan fingerprint density at radius 1 is 1.45 bits per heavy atom. The third-order valence-corrected chi connectivity index (χ3v) is 5.06. The molecule has 108 valence electrons. The van der Waals surface area contributed by atoms with Crippen LogP contribution in [0.25, 0.3) is 5.65 Å². The lowest BCUT2D eigenvalue weighted by Crippen LogP contribution is -2.16. The van der Waals surface area contributed by atoms with E-state index in [9.17, 15) is 8.42 Å². The van der Waals surface area contributed by atoms with E-state index in [1.165, 1.54) is 6.42 Å². The van der Waals surface area contributed by atoms with Crippen LogP contribution in [0, 0.1) is 0 Å². The van der Waals surface area contributed by atoms with Crippen molar-refractivity contribution in [3.8, 4) is 0 Å². The molecule has 2 aromatic heterocycles. The molecule has 6 nitrogen and oxygen atoms in total. The van der Waals surface area contributed by atoms with Crippen molar-refractivity contribution < 1.29 is 8.42 Å². The van der Waals surface area contributed by atoms with Crippen LogP contribution in [-0.4, -0.2) is 28.8 Å². The fraction of sp³-hybridized carbons (Fsp3) is 0.538. The van der Waals surface area contributed by atoms with Crippen molar-refractivity contribution >= 4 is 21.4 Å². The summed E-state index contributed by atoms with van der Waals surface area (Å²) in [4.78, 5) is 4.50. The SMILES string of the molecule is CCCS(=O)(=O)Nc1cccn2nc(C3CCC3)nc12. The van der Waals surface area contributed by atoms with Crippen LogP contribution in [0.1, 0.15) is 44.3 Å². The Kier molecular flexibility index (Phi) is 3.37. The molecule has 2 heterocycles. The maximum Gasteiger partial charge on any atom is 0.232 e. The summed E-state index contributed by atoms with van der Waals surface area (Å²) >= 11 is 0. The van der Waals surface area contributed by atoms with E-state index < -0.39 is 10.0 Å². The van der Waals surface area contributed by atoms with Gasteiger partial charge in [0, 0.05) is 12.1 Å². The van der Waals surface area contributed by atoms with Gasteiger partial charge in [0.05, 0.1) is 11.4 Å². The molecule has 1 aliphatic rings. The lowest BCUT2D eigenvalue weighted by molar-refractivity contribution is 0.402. The van der Waals surface area contributed by atoms with Gasteiger partial charge in [-0.25, -0.2) is 17.9 Å². The van der Waals surface area contributed by atoms with Crippen molar-refractivity contribution in [1.29, 1.82) is 0 Å². The highest BCUT2D eigenvalue weighted by Crippen LogP contribution is 2.35. The number of pyridine rings is 1. The Morgan fingerprint density at radius 3 is 2.90 bits per heavy atom. The van der Waals surface area contributed by atoms with Gasteiger partial charge in [0.25, 0.3) is 0 Å². The fourth-order valence-corrected chi connectivity index (χ4v) is 3.46. The minimum Gasteiger partial charge on any atom is -0.280 e. The quantitative estimate of drug-likeness (QED) is 0.916. The van der Waals surface area contributed by atoms with Crippen molar-refractivity contribution in [2.75, 3.05) is 10.5 Å². The van der Waals surface area contributed by atoms with Gasteiger partial charge in [-0.15, -0.1) is 0 Å². The van der Waals surface area contributed by atoms with Crippen molar-refractivity contribution in [1.82, 2.24) is 14.6 Å². The van der Waals surface area contributed by atoms with Crippen molar-refractivity contribution in [2.45, 2.75) is 38.5 Å². The van der Waals surface area contributed by atoms with Gasteiger partial charge in [-0.3, -0.25) is 4.72 Å². The molecule has 0 unspecified atom stereocenters. The van der Waals surface area contributed by atoms with E-state index in [2.05, 4.69) is 14.8 Å². The second-order valence-electron chi connectivity index (χ2n) is 5.21. The molecular weight excluding hydrogens is 276 g/mol. The molecule has 0 aliphatic heterocycles. The van der Waals surface area contributed by atoms with Gasteiger partial charge in [0.2, 0.25) is 10.0 Å². The van der Waals surface area contributed by atoms with Gasteiger partial charge in [0.15, 0.2) is 11.5 Å². The van der Waals surface area contributed by atoms with Crippen molar-refractivity contribution in [3.05, 3.63) is 24.2 Å². The summed E-state index contributed by atoms with van der Waals surface area (Å²) in [5.41, 5.74) is 1.08. The predicted octanol–water partition coefficient (Wildman–Crippen LogP) is 2.15. The number of nitrogens with one attached hydrogen (secondary N) is 1. The first-order valence-electron chi connectivity index (χ1n) is 6.95. The summed E-state index contributed by atoms with van der Waals surface area (Å²) in [6.45, 7) is 1.84. The molecule has 1 saturated carbocycles. The molecule has 0 atom stereocenters. The van der Waals surface area contributed by atoms with E-state index in [0.29, 0.717) is 23.7 Å². The molecular formula is C13H18N4O2S. The zero-order valence-electron chi connectivity index (χ0n) is 11.4. The number of hydrogen-bond donors (Lipinski definition) is 1. The Balaban J connectivity index is 1.96. The highest BCUT2D eigenvalue weighted by molar-refractivity contribution is 7.92. The Bertz CT molecular complexity index is 719. The van der Waals surface area contributed by atoms with E-state index in [-0.39, 0.29) is 5.75 Å². The largest absolute Gasteiger partial charge is 0.280 e. The van der Waals surface area contributed by atoms with Crippen LogP contribution in [0.2, 0.25) is 0 Å². The molecule has 0 bridgehead atoms. The number of nitrogens with zero attached hydrogens (tertiary/aromatic N) is 3. The van der Waals surface area contributed by atoms with Crippen LogP contribution in [0.3, 0.4) is 0 Å². The highest BCUT2D eigenvalue weighted by atomic mass is 32.2. The molecule has 1 fully saturated rings. The lowest BCUT2D eigenvalue weighted by Gasteiger charge is -2.21.